The Labute approximate surface area is 175 Å². The Bertz CT molecular complexity index is 1020. The van der Waals surface area contributed by atoms with Crippen LogP contribution in [0.15, 0.2) is 47.2 Å². The van der Waals surface area contributed by atoms with E-state index in [2.05, 4.69) is 10.1 Å². The molecule has 1 aliphatic heterocycles. The van der Waals surface area contributed by atoms with Gasteiger partial charge in [-0.3, -0.25) is 9.48 Å². The summed E-state index contributed by atoms with van der Waals surface area (Å²) in [5, 5.41) is 4.39. The number of carbonyl (C=O) groups excluding carboxylic acids is 1. The van der Waals surface area contributed by atoms with Crippen LogP contribution in [0.1, 0.15) is 35.7 Å². The van der Waals surface area contributed by atoms with Gasteiger partial charge in [-0.15, -0.1) is 0 Å². The molecule has 1 aliphatic rings. The molecule has 158 valence electrons. The zero-order valence-electron chi connectivity index (χ0n) is 17.7. The number of ether oxygens (including phenoxy) is 2. The quantitative estimate of drug-likeness (QED) is 0.621. The van der Waals surface area contributed by atoms with Crippen LogP contribution in [0.25, 0.3) is 11.3 Å². The summed E-state index contributed by atoms with van der Waals surface area (Å²) in [5.41, 5.74) is 2.89. The Morgan fingerprint density at radius 2 is 2.07 bits per heavy atom. The molecule has 0 aliphatic carbocycles. The molecule has 2 aromatic heterocycles. The number of amides is 1. The largest absolute Gasteiger partial charge is 0.443 e. The van der Waals surface area contributed by atoms with Crippen molar-refractivity contribution < 1.29 is 18.7 Å². The van der Waals surface area contributed by atoms with Crippen LogP contribution in [-0.2, 0) is 23.1 Å². The van der Waals surface area contributed by atoms with Gasteiger partial charge in [0.25, 0.3) is 5.91 Å². The Hall–Kier alpha value is -2.97. The van der Waals surface area contributed by atoms with Gasteiger partial charge >= 0.3 is 0 Å². The molecule has 3 aromatic rings. The van der Waals surface area contributed by atoms with Gasteiger partial charge in [-0.05, 0) is 26.8 Å². The van der Waals surface area contributed by atoms with Crippen molar-refractivity contribution in [1.29, 1.82) is 0 Å². The Morgan fingerprint density at radius 1 is 1.30 bits per heavy atom. The molecular formula is C22H26N4O4. The van der Waals surface area contributed by atoms with Crippen molar-refractivity contribution in [3.63, 3.8) is 0 Å². The lowest BCUT2D eigenvalue weighted by Gasteiger charge is -2.25. The molecule has 4 rings (SSSR count). The van der Waals surface area contributed by atoms with E-state index in [1.165, 1.54) is 6.39 Å². The lowest BCUT2D eigenvalue weighted by Crippen LogP contribution is -2.39. The molecule has 0 unspecified atom stereocenters. The van der Waals surface area contributed by atoms with Gasteiger partial charge < -0.3 is 18.8 Å². The highest BCUT2D eigenvalue weighted by Gasteiger charge is 2.35. The molecule has 0 saturated carbocycles. The van der Waals surface area contributed by atoms with Crippen molar-refractivity contribution >= 4 is 5.91 Å². The van der Waals surface area contributed by atoms with Crippen LogP contribution in [0, 0.1) is 6.92 Å². The zero-order valence-corrected chi connectivity index (χ0v) is 17.7. The highest BCUT2D eigenvalue weighted by molar-refractivity contribution is 5.97. The van der Waals surface area contributed by atoms with Gasteiger partial charge in [0.15, 0.2) is 23.6 Å². The lowest BCUT2D eigenvalue weighted by molar-refractivity contribution is -0.139. The molecule has 1 saturated heterocycles. The summed E-state index contributed by atoms with van der Waals surface area (Å²) >= 11 is 0. The normalized spacial score (nSPS) is 17.9. The smallest absolute Gasteiger partial charge is 0.276 e. The Morgan fingerprint density at radius 3 is 2.70 bits per heavy atom. The molecule has 0 spiro atoms. The third kappa shape index (κ3) is 4.29. The maximum atomic E-state index is 13.5. The number of rotatable bonds is 6. The number of hydrogen-bond donors (Lipinski definition) is 0. The van der Waals surface area contributed by atoms with Gasteiger partial charge in [0, 0.05) is 12.6 Å². The topological polar surface area (TPSA) is 82.6 Å². The van der Waals surface area contributed by atoms with Crippen LogP contribution < -0.4 is 0 Å². The van der Waals surface area contributed by atoms with Crippen LogP contribution in [0.2, 0.25) is 0 Å². The van der Waals surface area contributed by atoms with Crippen LogP contribution in [0.5, 0.6) is 0 Å². The van der Waals surface area contributed by atoms with Crippen LogP contribution in [0.4, 0.5) is 0 Å². The minimum atomic E-state index is -0.661. The third-order valence-electron chi connectivity index (χ3n) is 5.04. The molecular weight excluding hydrogens is 384 g/mol. The van der Waals surface area contributed by atoms with E-state index in [1.54, 1.807) is 9.58 Å². The van der Waals surface area contributed by atoms with Gasteiger partial charge in [-0.25, -0.2) is 4.98 Å². The van der Waals surface area contributed by atoms with E-state index in [0.29, 0.717) is 25.5 Å². The predicted octanol–water partition coefficient (Wildman–Crippen LogP) is 3.18. The van der Waals surface area contributed by atoms with Gasteiger partial charge in [0.2, 0.25) is 0 Å². The summed E-state index contributed by atoms with van der Waals surface area (Å²) in [6, 6.07) is 11.5. The maximum absolute atomic E-state index is 13.5. The first-order chi connectivity index (χ1) is 14.3. The second kappa shape index (κ2) is 8.04. The van der Waals surface area contributed by atoms with E-state index in [0.717, 1.165) is 17.0 Å². The summed E-state index contributed by atoms with van der Waals surface area (Å²) in [6.07, 6.45) is 1.07. The van der Waals surface area contributed by atoms with E-state index in [9.17, 15) is 4.79 Å². The van der Waals surface area contributed by atoms with Gasteiger partial charge in [-0.2, -0.15) is 5.10 Å². The first-order valence-electron chi connectivity index (χ1n) is 9.92. The average molecular weight is 410 g/mol. The summed E-state index contributed by atoms with van der Waals surface area (Å²) in [7, 11) is 1.87. The van der Waals surface area contributed by atoms with Crippen molar-refractivity contribution in [3.05, 3.63) is 59.9 Å². The fourth-order valence-corrected chi connectivity index (χ4v) is 3.67. The number of aromatic nitrogens is 3. The minimum Gasteiger partial charge on any atom is -0.443 e. The van der Waals surface area contributed by atoms with Gasteiger partial charge in [-0.1, -0.05) is 30.3 Å². The SMILES string of the molecule is Cc1cc(CN(C[C@H]2COC(C)(C)O2)C(=O)c2ncoc2-c2ccccc2)n(C)n1. The van der Waals surface area contributed by atoms with Gasteiger partial charge in [0.1, 0.15) is 6.10 Å². The number of oxazole rings is 1. The molecule has 0 N–H and O–H groups in total. The molecule has 0 radical (unpaired) electrons. The summed E-state index contributed by atoms with van der Waals surface area (Å²) in [4.78, 5) is 19.5. The van der Waals surface area contributed by atoms with Crippen LogP contribution in [-0.4, -0.2) is 50.6 Å². The molecule has 8 heteroatoms. The number of carbonyl (C=O) groups is 1. The monoisotopic (exact) mass is 410 g/mol. The van der Waals surface area contributed by atoms with Crippen molar-refractivity contribution in [2.75, 3.05) is 13.2 Å². The van der Waals surface area contributed by atoms with Crippen molar-refractivity contribution in [2.24, 2.45) is 7.05 Å². The third-order valence-corrected chi connectivity index (χ3v) is 5.04. The van der Waals surface area contributed by atoms with Gasteiger partial charge in [0.05, 0.1) is 31.1 Å². The summed E-state index contributed by atoms with van der Waals surface area (Å²) in [6.45, 7) is 6.83. The van der Waals surface area contributed by atoms with Crippen LogP contribution in [0.3, 0.4) is 0 Å². The van der Waals surface area contributed by atoms with E-state index < -0.39 is 5.79 Å². The fourth-order valence-electron chi connectivity index (χ4n) is 3.67. The highest BCUT2D eigenvalue weighted by atomic mass is 16.7. The molecule has 8 nitrogen and oxygen atoms in total. The maximum Gasteiger partial charge on any atom is 0.276 e. The molecule has 30 heavy (non-hydrogen) atoms. The lowest BCUT2D eigenvalue weighted by atomic mass is 10.1. The average Bonchev–Trinajstić information content (AvgIpc) is 3.40. The molecule has 1 amide bonds. The Kier molecular flexibility index (Phi) is 5.44. The summed E-state index contributed by atoms with van der Waals surface area (Å²) in [5.74, 6) is -0.434. The standard InChI is InChI=1S/C22H26N4O4/c1-15-10-17(25(4)24-15)11-26(12-18-13-29-22(2,3)30-18)21(27)19-20(28-14-23-19)16-8-6-5-7-9-16/h5-10,14,18H,11-13H2,1-4H3/t18-/m0/s1. The van der Waals surface area contributed by atoms with E-state index in [-0.39, 0.29) is 17.7 Å². The van der Waals surface area contributed by atoms with E-state index in [4.69, 9.17) is 13.9 Å². The van der Waals surface area contributed by atoms with E-state index >= 15 is 0 Å². The fraction of sp³-hybridized carbons (Fsp3) is 0.409. The number of hydrogen-bond acceptors (Lipinski definition) is 6. The van der Waals surface area contributed by atoms with E-state index in [1.807, 2.05) is 64.2 Å². The molecule has 1 atom stereocenters. The molecule has 1 fully saturated rings. The Balaban J connectivity index is 1.63. The first kappa shape index (κ1) is 20.3. The minimum absolute atomic E-state index is 0.227. The number of aryl methyl sites for hydroxylation is 2. The molecule has 1 aromatic carbocycles. The predicted molar refractivity (Wildman–Crippen MR) is 110 cm³/mol. The highest BCUT2D eigenvalue weighted by Crippen LogP contribution is 2.27. The van der Waals surface area contributed by atoms with Crippen molar-refractivity contribution in [1.82, 2.24) is 19.7 Å². The molecule has 3 heterocycles. The second-order valence-electron chi connectivity index (χ2n) is 7.93. The number of nitrogens with zero attached hydrogens (tertiary/aromatic N) is 4. The first-order valence-corrected chi connectivity index (χ1v) is 9.92. The zero-order chi connectivity index (χ0) is 21.3. The second-order valence-corrected chi connectivity index (χ2v) is 7.93. The summed E-state index contributed by atoms with van der Waals surface area (Å²) < 4.78 is 19.0. The van der Waals surface area contributed by atoms with Crippen molar-refractivity contribution in [3.8, 4) is 11.3 Å². The molecule has 0 bridgehead atoms. The number of benzene rings is 1. The van der Waals surface area contributed by atoms with Crippen LogP contribution >= 0.6 is 0 Å². The van der Waals surface area contributed by atoms with Crippen molar-refractivity contribution in [2.45, 2.75) is 39.2 Å².